The van der Waals surface area contributed by atoms with Gasteiger partial charge in [0, 0.05) is 31.5 Å². The molecule has 2 rings (SSSR count). The summed E-state index contributed by atoms with van der Waals surface area (Å²) in [6.07, 6.45) is 1.80. The SMILES string of the molecule is CC(=O)N(CCC(=O)NCc1ccco1)Cc1ccc(Cl)cc1. The number of nitrogens with one attached hydrogen (secondary N) is 1. The minimum atomic E-state index is -0.122. The third kappa shape index (κ3) is 5.79. The molecule has 0 aliphatic heterocycles. The molecule has 5 nitrogen and oxygen atoms in total. The van der Waals surface area contributed by atoms with E-state index in [-0.39, 0.29) is 18.2 Å². The summed E-state index contributed by atoms with van der Waals surface area (Å²) in [5, 5.41) is 3.42. The lowest BCUT2D eigenvalue weighted by atomic mass is 10.2. The van der Waals surface area contributed by atoms with E-state index < -0.39 is 0 Å². The number of hydrogen-bond donors (Lipinski definition) is 1. The highest BCUT2D eigenvalue weighted by atomic mass is 35.5. The lowest BCUT2D eigenvalue weighted by molar-refractivity contribution is -0.130. The van der Waals surface area contributed by atoms with Gasteiger partial charge in [-0.2, -0.15) is 0 Å². The van der Waals surface area contributed by atoms with E-state index in [0.29, 0.717) is 30.4 Å². The van der Waals surface area contributed by atoms with E-state index in [1.807, 2.05) is 12.1 Å². The molecule has 0 atom stereocenters. The molecule has 0 fully saturated rings. The number of halogens is 1. The van der Waals surface area contributed by atoms with E-state index in [0.717, 1.165) is 5.56 Å². The minimum Gasteiger partial charge on any atom is -0.467 e. The molecule has 0 saturated carbocycles. The number of benzene rings is 1. The number of nitrogens with zero attached hydrogens (tertiary/aromatic N) is 1. The van der Waals surface area contributed by atoms with Crippen LogP contribution in [0.1, 0.15) is 24.7 Å². The van der Waals surface area contributed by atoms with E-state index in [1.165, 1.54) is 6.92 Å². The van der Waals surface area contributed by atoms with Crippen molar-refractivity contribution in [3.8, 4) is 0 Å². The maximum absolute atomic E-state index is 11.9. The molecule has 0 radical (unpaired) electrons. The number of carbonyl (C=O) groups excluding carboxylic acids is 2. The van der Waals surface area contributed by atoms with Crippen molar-refractivity contribution in [3.05, 3.63) is 59.0 Å². The maximum atomic E-state index is 11.9. The highest BCUT2D eigenvalue weighted by Gasteiger charge is 2.12. The third-order valence-corrected chi connectivity index (χ3v) is 3.63. The topological polar surface area (TPSA) is 62.6 Å². The summed E-state index contributed by atoms with van der Waals surface area (Å²) in [5.41, 5.74) is 0.973. The molecule has 122 valence electrons. The van der Waals surface area contributed by atoms with E-state index >= 15 is 0 Å². The van der Waals surface area contributed by atoms with Crippen LogP contribution >= 0.6 is 11.6 Å². The monoisotopic (exact) mass is 334 g/mol. The number of hydrogen-bond acceptors (Lipinski definition) is 3. The van der Waals surface area contributed by atoms with Crippen LogP contribution < -0.4 is 5.32 Å². The van der Waals surface area contributed by atoms with Crippen molar-refractivity contribution >= 4 is 23.4 Å². The number of amides is 2. The zero-order valence-electron chi connectivity index (χ0n) is 12.9. The van der Waals surface area contributed by atoms with Crippen LogP contribution in [0.15, 0.2) is 47.1 Å². The fraction of sp³-hybridized carbons (Fsp3) is 0.294. The van der Waals surface area contributed by atoms with Crippen molar-refractivity contribution in [2.45, 2.75) is 26.4 Å². The second-order valence-corrected chi connectivity index (χ2v) is 5.61. The summed E-state index contributed by atoms with van der Waals surface area (Å²) in [6, 6.07) is 10.9. The van der Waals surface area contributed by atoms with Crippen molar-refractivity contribution in [3.63, 3.8) is 0 Å². The zero-order chi connectivity index (χ0) is 16.7. The largest absolute Gasteiger partial charge is 0.467 e. The lowest BCUT2D eigenvalue weighted by Crippen LogP contribution is -2.33. The first kappa shape index (κ1) is 17.1. The smallest absolute Gasteiger partial charge is 0.222 e. The summed E-state index contributed by atoms with van der Waals surface area (Å²) < 4.78 is 5.15. The van der Waals surface area contributed by atoms with Crippen LogP contribution in [0, 0.1) is 0 Å². The van der Waals surface area contributed by atoms with E-state index in [2.05, 4.69) is 5.32 Å². The molecule has 0 aliphatic rings. The first-order chi connectivity index (χ1) is 11.0. The van der Waals surface area contributed by atoms with Crippen LogP contribution in [-0.2, 0) is 22.7 Å². The standard InChI is InChI=1S/C17H19ClN2O3/c1-13(21)20(12-14-4-6-15(18)7-5-14)9-8-17(22)19-11-16-3-2-10-23-16/h2-7,10H,8-9,11-12H2,1H3,(H,19,22). The Morgan fingerprint density at radius 2 is 1.96 bits per heavy atom. The van der Waals surface area contributed by atoms with Gasteiger partial charge >= 0.3 is 0 Å². The molecule has 1 heterocycles. The second-order valence-electron chi connectivity index (χ2n) is 5.17. The Kier molecular flexibility index (Phi) is 6.23. The fourth-order valence-electron chi connectivity index (χ4n) is 2.08. The quantitative estimate of drug-likeness (QED) is 0.846. The number of carbonyl (C=O) groups is 2. The fourth-order valence-corrected chi connectivity index (χ4v) is 2.21. The molecule has 1 aromatic carbocycles. The summed E-state index contributed by atoms with van der Waals surface area (Å²) >= 11 is 5.85. The first-order valence-corrected chi connectivity index (χ1v) is 7.71. The van der Waals surface area contributed by atoms with Crippen molar-refractivity contribution in [2.24, 2.45) is 0 Å². The average Bonchev–Trinajstić information content (AvgIpc) is 3.04. The first-order valence-electron chi connectivity index (χ1n) is 7.33. The van der Waals surface area contributed by atoms with Gasteiger partial charge in [0.15, 0.2) is 0 Å². The Hall–Kier alpha value is -2.27. The summed E-state index contributed by atoms with van der Waals surface area (Å²) in [6.45, 7) is 2.67. The molecule has 2 aromatic rings. The second kappa shape index (κ2) is 8.39. The normalized spacial score (nSPS) is 10.3. The molecule has 23 heavy (non-hydrogen) atoms. The van der Waals surface area contributed by atoms with Crippen molar-refractivity contribution in [1.82, 2.24) is 10.2 Å². The van der Waals surface area contributed by atoms with Gasteiger partial charge in [-0.15, -0.1) is 0 Å². The van der Waals surface area contributed by atoms with Gasteiger partial charge in [0.2, 0.25) is 11.8 Å². The molecular weight excluding hydrogens is 316 g/mol. The van der Waals surface area contributed by atoms with Crippen molar-refractivity contribution < 1.29 is 14.0 Å². The van der Waals surface area contributed by atoms with Crippen LogP contribution in [0.4, 0.5) is 0 Å². The van der Waals surface area contributed by atoms with Gasteiger partial charge in [-0.25, -0.2) is 0 Å². The molecule has 0 spiro atoms. The van der Waals surface area contributed by atoms with E-state index in [9.17, 15) is 9.59 Å². The average molecular weight is 335 g/mol. The van der Waals surface area contributed by atoms with Gasteiger partial charge in [-0.3, -0.25) is 9.59 Å². The summed E-state index contributed by atoms with van der Waals surface area (Å²) in [7, 11) is 0. The number of furan rings is 1. The highest BCUT2D eigenvalue weighted by molar-refractivity contribution is 6.30. The van der Waals surface area contributed by atoms with Crippen molar-refractivity contribution in [2.75, 3.05) is 6.54 Å². The minimum absolute atomic E-state index is 0.0706. The van der Waals surface area contributed by atoms with E-state index in [4.69, 9.17) is 16.0 Å². The lowest BCUT2D eigenvalue weighted by Gasteiger charge is -2.21. The van der Waals surface area contributed by atoms with Crippen LogP contribution in [-0.4, -0.2) is 23.3 Å². The van der Waals surface area contributed by atoms with E-state index in [1.54, 1.807) is 35.4 Å². The van der Waals surface area contributed by atoms with Gasteiger partial charge in [0.05, 0.1) is 12.8 Å². The molecule has 0 bridgehead atoms. The molecule has 0 unspecified atom stereocenters. The molecule has 0 saturated heterocycles. The molecule has 1 aromatic heterocycles. The van der Waals surface area contributed by atoms with Crippen LogP contribution in [0.3, 0.4) is 0 Å². The Bertz CT molecular complexity index is 638. The van der Waals surface area contributed by atoms with Gasteiger partial charge in [0.25, 0.3) is 0 Å². The Morgan fingerprint density at radius 3 is 2.57 bits per heavy atom. The highest BCUT2D eigenvalue weighted by Crippen LogP contribution is 2.12. The number of rotatable bonds is 7. The summed E-state index contributed by atoms with van der Waals surface area (Å²) in [5.74, 6) is 0.505. The molecular formula is C17H19ClN2O3. The molecule has 6 heteroatoms. The summed E-state index contributed by atoms with van der Waals surface area (Å²) in [4.78, 5) is 25.2. The third-order valence-electron chi connectivity index (χ3n) is 3.38. The predicted octanol–water partition coefficient (Wildman–Crippen LogP) is 2.99. The Labute approximate surface area is 140 Å². The molecule has 1 N–H and O–H groups in total. The van der Waals surface area contributed by atoms with Gasteiger partial charge in [-0.05, 0) is 29.8 Å². The maximum Gasteiger partial charge on any atom is 0.222 e. The Balaban J connectivity index is 1.80. The Morgan fingerprint density at radius 1 is 1.22 bits per heavy atom. The van der Waals surface area contributed by atoms with Gasteiger partial charge in [-0.1, -0.05) is 23.7 Å². The molecule has 2 amide bonds. The van der Waals surface area contributed by atoms with Gasteiger partial charge in [0.1, 0.15) is 5.76 Å². The van der Waals surface area contributed by atoms with Crippen LogP contribution in [0.2, 0.25) is 5.02 Å². The molecule has 0 aliphatic carbocycles. The van der Waals surface area contributed by atoms with Gasteiger partial charge < -0.3 is 14.6 Å². The predicted molar refractivity (Wildman–Crippen MR) is 87.7 cm³/mol. The zero-order valence-corrected chi connectivity index (χ0v) is 13.7. The van der Waals surface area contributed by atoms with Crippen LogP contribution in [0.25, 0.3) is 0 Å². The van der Waals surface area contributed by atoms with Crippen LogP contribution in [0.5, 0.6) is 0 Å². The van der Waals surface area contributed by atoms with Crippen molar-refractivity contribution in [1.29, 1.82) is 0 Å².